The number of carbonyl (C=O) groups excluding carboxylic acids is 1. The molecule has 1 rings (SSSR count). The van der Waals surface area contributed by atoms with Gasteiger partial charge in [0.05, 0.1) is 6.10 Å². The number of carbonyl (C=O) groups is 1. The van der Waals surface area contributed by atoms with Crippen molar-refractivity contribution in [2.45, 2.75) is 20.0 Å². The molecule has 0 spiro atoms. The van der Waals surface area contributed by atoms with Crippen molar-refractivity contribution in [3.63, 3.8) is 0 Å². The molecule has 0 bridgehead atoms. The molecule has 2 N–H and O–H groups in total. The van der Waals surface area contributed by atoms with E-state index < -0.39 is 6.10 Å². The number of rotatable bonds is 3. The molecule has 0 aliphatic heterocycles. The van der Waals surface area contributed by atoms with Crippen molar-refractivity contribution < 1.29 is 9.90 Å². The monoisotopic (exact) mass is 194 g/mol. The Morgan fingerprint density at radius 3 is 2.93 bits per heavy atom. The quantitative estimate of drug-likeness (QED) is 0.736. The number of pyridine rings is 1. The maximum Gasteiger partial charge on any atom is 0.269 e. The molecule has 0 aliphatic rings. The molecule has 1 aromatic rings. The number of amides is 1. The summed E-state index contributed by atoms with van der Waals surface area (Å²) in [5, 5.41) is 11.5. The molecule has 1 aromatic heterocycles. The SMILES string of the molecule is Cc1cccc(C(=O)NC[C@H](C)O)n1. The van der Waals surface area contributed by atoms with E-state index in [0.29, 0.717) is 5.69 Å². The Labute approximate surface area is 83.0 Å². The van der Waals surface area contributed by atoms with E-state index in [2.05, 4.69) is 10.3 Å². The lowest BCUT2D eigenvalue weighted by Crippen LogP contribution is -2.31. The number of hydrogen-bond acceptors (Lipinski definition) is 3. The lowest BCUT2D eigenvalue weighted by Gasteiger charge is -2.06. The maximum absolute atomic E-state index is 11.4. The second kappa shape index (κ2) is 4.72. The first kappa shape index (κ1) is 10.7. The van der Waals surface area contributed by atoms with Crippen LogP contribution < -0.4 is 5.32 Å². The van der Waals surface area contributed by atoms with Gasteiger partial charge in [-0.25, -0.2) is 4.98 Å². The van der Waals surface area contributed by atoms with E-state index in [1.54, 1.807) is 19.1 Å². The predicted octanol–water partition coefficient (Wildman–Crippen LogP) is 0.501. The smallest absolute Gasteiger partial charge is 0.269 e. The first-order valence-electron chi connectivity index (χ1n) is 4.49. The molecule has 1 atom stereocenters. The average molecular weight is 194 g/mol. The lowest BCUT2D eigenvalue weighted by atomic mass is 10.3. The number of aliphatic hydroxyl groups excluding tert-OH is 1. The highest BCUT2D eigenvalue weighted by Crippen LogP contribution is 1.97. The predicted molar refractivity (Wildman–Crippen MR) is 53.0 cm³/mol. The van der Waals surface area contributed by atoms with E-state index in [9.17, 15) is 4.79 Å². The van der Waals surface area contributed by atoms with Crippen molar-refractivity contribution in [2.75, 3.05) is 6.54 Å². The third-order valence-corrected chi connectivity index (χ3v) is 1.68. The van der Waals surface area contributed by atoms with E-state index in [1.807, 2.05) is 13.0 Å². The van der Waals surface area contributed by atoms with Gasteiger partial charge in [-0.2, -0.15) is 0 Å². The zero-order valence-corrected chi connectivity index (χ0v) is 8.32. The highest BCUT2D eigenvalue weighted by atomic mass is 16.3. The molecule has 1 heterocycles. The van der Waals surface area contributed by atoms with Gasteiger partial charge in [-0.15, -0.1) is 0 Å². The lowest BCUT2D eigenvalue weighted by molar-refractivity contribution is 0.0919. The third-order valence-electron chi connectivity index (χ3n) is 1.68. The summed E-state index contributed by atoms with van der Waals surface area (Å²) in [5.74, 6) is -0.255. The van der Waals surface area contributed by atoms with Gasteiger partial charge in [0.25, 0.3) is 5.91 Å². The molecule has 0 aromatic carbocycles. The summed E-state index contributed by atoms with van der Waals surface area (Å²) in [4.78, 5) is 15.5. The molecule has 0 radical (unpaired) electrons. The van der Waals surface area contributed by atoms with Crippen LogP contribution in [0, 0.1) is 6.92 Å². The van der Waals surface area contributed by atoms with Crippen LogP contribution in [0.2, 0.25) is 0 Å². The zero-order valence-electron chi connectivity index (χ0n) is 8.32. The number of aromatic nitrogens is 1. The van der Waals surface area contributed by atoms with Crippen molar-refractivity contribution in [1.82, 2.24) is 10.3 Å². The number of nitrogens with zero attached hydrogens (tertiary/aromatic N) is 1. The van der Waals surface area contributed by atoms with Gasteiger partial charge in [-0.05, 0) is 26.0 Å². The molecule has 14 heavy (non-hydrogen) atoms. The first-order chi connectivity index (χ1) is 6.59. The van der Waals surface area contributed by atoms with Crippen LogP contribution >= 0.6 is 0 Å². The summed E-state index contributed by atoms with van der Waals surface area (Å²) < 4.78 is 0. The fraction of sp³-hybridized carbons (Fsp3) is 0.400. The highest BCUT2D eigenvalue weighted by Gasteiger charge is 2.06. The minimum Gasteiger partial charge on any atom is -0.392 e. The van der Waals surface area contributed by atoms with Gasteiger partial charge >= 0.3 is 0 Å². The Morgan fingerprint density at radius 2 is 2.36 bits per heavy atom. The van der Waals surface area contributed by atoms with Gasteiger partial charge in [0.15, 0.2) is 0 Å². The van der Waals surface area contributed by atoms with Gasteiger partial charge < -0.3 is 10.4 Å². The highest BCUT2D eigenvalue weighted by molar-refractivity contribution is 5.92. The molecule has 0 saturated heterocycles. The van der Waals surface area contributed by atoms with Crippen LogP contribution in [-0.4, -0.2) is 28.6 Å². The van der Waals surface area contributed by atoms with Crippen LogP contribution in [0.3, 0.4) is 0 Å². The second-order valence-electron chi connectivity index (χ2n) is 3.22. The largest absolute Gasteiger partial charge is 0.392 e. The maximum atomic E-state index is 11.4. The summed E-state index contributed by atoms with van der Waals surface area (Å²) in [6.45, 7) is 3.68. The summed E-state index contributed by atoms with van der Waals surface area (Å²) in [6, 6.07) is 5.25. The molecule has 0 unspecified atom stereocenters. The number of aliphatic hydroxyl groups is 1. The fourth-order valence-electron chi connectivity index (χ4n) is 1.00. The minimum atomic E-state index is -0.538. The van der Waals surface area contributed by atoms with E-state index in [-0.39, 0.29) is 12.5 Å². The summed E-state index contributed by atoms with van der Waals surface area (Å²) in [7, 11) is 0. The van der Waals surface area contributed by atoms with Gasteiger partial charge in [0, 0.05) is 12.2 Å². The molecule has 1 amide bonds. The van der Waals surface area contributed by atoms with Crippen LogP contribution in [0.15, 0.2) is 18.2 Å². The Kier molecular flexibility index (Phi) is 3.59. The first-order valence-corrected chi connectivity index (χ1v) is 4.49. The van der Waals surface area contributed by atoms with Crippen molar-refractivity contribution in [2.24, 2.45) is 0 Å². The van der Waals surface area contributed by atoms with Gasteiger partial charge in [0.1, 0.15) is 5.69 Å². The fourth-order valence-corrected chi connectivity index (χ4v) is 1.00. The molecule has 4 nitrogen and oxygen atoms in total. The third kappa shape index (κ3) is 3.14. The van der Waals surface area contributed by atoms with Gasteiger partial charge in [0.2, 0.25) is 0 Å². The minimum absolute atomic E-state index is 0.244. The Bertz CT molecular complexity index is 324. The number of aryl methyl sites for hydroxylation is 1. The van der Waals surface area contributed by atoms with Crippen molar-refractivity contribution in [1.29, 1.82) is 0 Å². The topological polar surface area (TPSA) is 62.2 Å². The number of nitrogens with one attached hydrogen (secondary N) is 1. The van der Waals surface area contributed by atoms with Crippen molar-refractivity contribution in [3.8, 4) is 0 Å². The summed E-state index contributed by atoms with van der Waals surface area (Å²) in [6.07, 6.45) is -0.538. The van der Waals surface area contributed by atoms with Crippen LogP contribution in [0.1, 0.15) is 23.1 Å². The number of hydrogen-bond donors (Lipinski definition) is 2. The van der Waals surface area contributed by atoms with Gasteiger partial charge in [-0.3, -0.25) is 4.79 Å². The molecule has 4 heteroatoms. The molecule has 0 saturated carbocycles. The average Bonchev–Trinajstić information content (AvgIpc) is 2.14. The van der Waals surface area contributed by atoms with Crippen LogP contribution in [0.25, 0.3) is 0 Å². The van der Waals surface area contributed by atoms with E-state index in [4.69, 9.17) is 5.11 Å². The van der Waals surface area contributed by atoms with Gasteiger partial charge in [-0.1, -0.05) is 6.07 Å². The summed E-state index contributed by atoms with van der Waals surface area (Å²) in [5.41, 5.74) is 1.18. The Hall–Kier alpha value is -1.42. The van der Waals surface area contributed by atoms with Crippen LogP contribution in [0.4, 0.5) is 0 Å². The molecule has 0 aliphatic carbocycles. The standard InChI is InChI=1S/C10H14N2O2/c1-7-4-3-5-9(12-7)10(14)11-6-8(2)13/h3-5,8,13H,6H2,1-2H3,(H,11,14)/t8-/m0/s1. The molecular formula is C10H14N2O2. The van der Waals surface area contributed by atoms with Crippen LogP contribution in [-0.2, 0) is 0 Å². The van der Waals surface area contributed by atoms with Crippen LogP contribution in [0.5, 0.6) is 0 Å². The zero-order chi connectivity index (χ0) is 10.6. The van der Waals surface area contributed by atoms with Crippen molar-refractivity contribution in [3.05, 3.63) is 29.6 Å². The Morgan fingerprint density at radius 1 is 1.64 bits per heavy atom. The van der Waals surface area contributed by atoms with E-state index >= 15 is 0 Å². The Balaban J connectivity index is 2.61. The summed E-state index contributed by atoms with van der Waals surface area (Å²) >= 11 is 0. The molecule has 0 fully saturated rings. The second-order valence-corrected chi connectivity index (χ2v) is 3.22. The molecular weight excluding hydrogens is 180 g/mol. The van der Waals surface area contributed by atoms with Crippen molar-refractivity contribution >= 4 is 5.91 Å². The van der Waals surface area contributed by atoms with E-state index in [1.165, 1.54) is 0 Å². The molecule has 76 valence electrons. The van der Waals surface area contributed by atoms with E-state index in [0.717, 1.165) is 5.69 Å². The normalized spacial score (nSPS) is 12.2.